The fraction of sp³-hybridized carbons (Fsp3) is 0.538. The number of piperidine rings is 1. The first-order chi connectivity index (χ1) is 16.6. The second-order valence-electron chi connectivity index (χ2n) is 10.5. The summed E-state index contributed by atoms with van der Waals surface area (Å²) in [6.07, 6.45) is 2.24. The zero-order valence-corrected chi connectivity index (χ0v) is 20.9. The number of carbonyl (C=O) groups is 3. The van der Waals surface area contributed by atoms with Crippen molar-refractivity contribution in [3.8, 4) is 6.07 Å². The van der Waals surface area contributed by atoms with Crippen LogP contribution in [0.15, 0.2) is 18.2 Å². The van der Waals surface area contributed by atoms with E-state index in [1.165, 1.54) is 9.80 Å². The van der Waals surface area contributed by atoms with Crippen molar-refractivity contribution in [2.75, 3.05) is 20.1 Å². The molecule has 0 aliphatic carbocycles. The number of nitrogens with zero attached hydrogens (tertiary/aromatic N) is 3. The van der Waals surface area contributed by atoms with Gasteiger partial charge in [-0.1, -0.05) is 25.4 Å². The maximum atomic E-state index is 13.9. The summed E-state index contributed by atoms with van der Waals surface area (Å²) >= 11 is 0. The van der Waals surface area contributed by atoms with Crippen LogP contribution in [0.5, 0.6) is 0 Å². The molecule has 0 saturated carbocycles. The molecular weight excluding hydrogens is 441 g/mol. The van der Waals surface area contributed by atoms with Gasteiger partial charge in [-0.2, -0.15) is 5.26 Å². The lowest BCUT2D eigenvalue weighted by molar-refractivity contribution is -0.138. The first kappa shape index (κ1) is 24.8. The van der Waals surface area contributed by atoms with E-state index in [0.717, 1.165) is 22.9 Å². The number of hydrogen-bond donors (Lipinski definition) is 2. The topological polar surface area (TPSA) is 109 Å². The highest BCUT2D eigenvalue weighted by atomic mass is 16.2. The third-order valence-corrected chi connectivity index (χ3v) is 7.38. The van der Waals surface area contributed by atoms with E-state index in [1.807, 2.05) is 32.9 Å². The summed E-state index contributed by atoms with van der Waals surface area (Å²) in [7, 11) is 7.76. The predicted octanol–water partition coefficient (Wildman–Crippen LogP) is 1.78. The van der Waals surface area contributed by atoms with Crippen molar-refractivity contribution in [2.45, 2.75) is 58.5 Å². The third-order valence-electron chi connectivity index (χ3n) is 7.38. The van der Waals surface area contributed by atoms with Gasteiger partial charge in [-0.05, 0) is 61.6 Å². The number of aromatic nitrogens is 1. The predicted molar refractivity (Wildman–Crippen MR) is 134 cm³/mol. The second-order valence-corrected chi connectivity index (χ2v) is 10.5. The Morgan fingerprint density at radius 1 is 1.34 bits per heavy atom. The van der Waals surface area contributed by atoms with Crippen molar-refractivity contribution >= 4 is 41.9 Å². The van der Waals surface area contributed by atoms with Crippen LogP contribution in [0, 0.1) is 29.6 Å². The summed E-state index contributed by atoms with van der Waals surface area (Å²) in [6, 6.07) is 6.27. The maximum absolute atomic E-state index is 13.9. The second kappa shape index (κ2) is 9.41. The van der Waals surface area contributed by atoms with Gasteiger partial charge in [0, 0.05) is 25.7 Å². The SMILES string of the molecule is [B]c1cc(C)cc2[nH]c(C(=O)N(C)C(CC(C)C)C(=O)N3C[C@]4(CCCNC4=O)CC3C#N)cc12. The number of likely N-dealkylation sites (tertiary alicyclic amines) is 1. The number of benzene rings is 1. The van der Waals surface area contributed by atoms with Crippen LogP contribution in [-0.4, -0.2) is 72.6 Å². The van der Waals surface area contributed by atoms with Gasteiger partial charge in [0.15, 0.2) is 0 Å². The zero-order valence-electron chi connectivity index (χ0n) is 20.9. The zero-order chi connectivity index (χ0) is 25.5. The number of aryl methyl sites for hydroxylation is 1. The molecule has 1 aromatic carbocycles. The summed E-state index contributed by atoms with van der Waals surface area (Å²) in [5.74, 6) is -0.566. The molecule has 0 bridgehead atoms. The minimum Gasteiger partial charge on any atom is -0.356 e. The molecule has 2 radical (unpaired) electrons. The average Bonchev–Trinajstić information content (AvgIpc) is 3.40. The first-order valence-electron chi connectivity index (χ1n) is 12.2. The van der Waals surface area contributed by atoms with Crippen LogP contribution < -0.4 is 10.8 Å². The van der Waals surface area contributed by atoms with Crippen LogP contribution in [0.25, 0.3) is 10.9 Å². The molecule has 2 unspecified atom stereocenters. The molecule has 8 nitrogen and oxygen atoms in total. The Kier molecular flexibility index (Phi) is 6.67. The number of likely N-dealkylation sites (N-methyl/N-ethyl adjacent to an activating group) is 1. The fourth-order valence-electron chi connectivity index (χ4n) is 5.53. The van der Waals surface area contributed by atoms with Crippen LogP contribution in [0.4, 0.5) is 0 Å². The Morgan fingerprint density at radius 3 is 2.74 bits per heavy atom. The van der Waals surface area contributed by atoms with Gasteiger partial charge >= 0.3 is 0 Å². The van der Waals surface area contributed by atoms with Crippen LogP contribution in [-0.2, 0) is 9.59 Å². The van der Waals surface area contributed by atoms with Crippen molar-refractivity contribution in [1.82, 2.24) is 20.1 Å². The highest BCUT2D eigenvalue weighted by molar-refractivity contribution is 6.39. The van der Waals surface area contributed by atoms with Crippen molar-refractivity contribution in [2.24, 2.45) is 11.3 Å². The fourth-order valence-corrected chi connectivity index (χ4v) is 5.53. The van der Waals surface area contributed by atoms with Gasteiger partial charge in [-0.25, -0.2) is 0 Å². The normalized spacial score (nSPS) is 22.9. The molecule has 2 N–H and O–H groups in total. The number of aromatic amines is 1. The van der Waals surface area contributed by atoms with Crippen molar-refractivity contribution < 1.29 is 14.4 Å². The lowest BCUT2D eigenvalue weighted by Gasteiger charge is -2.34. The van der Waals surface area contributed by atoms with Gasteiger partial charge in [0.1, 0.15) is 25.6 Å². The minimum atomic E-state index is -0.759. The lowest BCUT2D eigenvalue weighted by Crippen LogP contribution is -2.52. The molecule has 2 fully saturated rings. The summed E-state index contributed by atoms with van der Waals surface area (Å²) in [6.45, 7) is 6.74. The number of nitriles is 1. The molecule has 182 valence electrons. The van der Waals surface area contributed by atoms with Crippen LogP contribution in [0.3, 0.4) is 0 Å². The number of carbonyl (C=O) groups excluding carboxylic acids is 3. The molecule has 1 spiro atoms. The molecule has 3 atom stereocenters. The molecule has 2 aliphatic rings. The Labute approximate surface area is 207 Å². The molecule has 4 rings (SSSR count). The molecule has 9 heteroatoms. The number of hydrogen-bond acceptors (Lipinski definition) is 4. The molecule has 3 amide bonds. The molecule has 1 aromatic heterocycles. The minimum absolute atomic E-state index is 0.0879. The number of nitrogens with one attached hydrogen (secondary N) is 2. The standard InChI is InChI=1S/C26H32BN5O3/c1-15(2)8-22(24(34)32-14-26(12-17(32)13-28)6-5-7-29-25(26)35)31(4)23(33)21-11-18-19(27)9-16(3)10-20(18)30-21/h9-11,15,17,22,30H,5-8,12,14H2,1-4H3,(H,29,35)/t17?,22?,26-/m0/s1. The Balaban J connectivity index is 1.62. The van der Waals surface area contributed by atoms with Gasteiger partial charge in [0.2, 0.25) is 11.8 Å². The first-order valence-corrected chi connectivity index (χ1v) is 12.2. The summed E-state index contributed by atoms with van der Waals surface area (Å²) < 4.78 is 0. The van der Waals surface area contributed by atoms with E-state index < -0.39 is 17.5 Å². The van der Waals surface area contributed by atoms with Gasteiger partial charge in [-0.15, -0.1) is 0 Å². The summed E-state index contributed by atoms with van der Waals surface area (Å²) in [5, 5.41) is 13.5. The van der Waals surface area contributed by atoms with Crippen LogP contribution >= 0.6 is 0 Å². The van der Waals surface area contributed by atoms with Gasteiger partial charge in [0.25, 0.3) is 5.91 Å². The number of fused-ring (bicyclic) bond motifs is 1. The number of amides is 3. The van der Waals surface area contributed by atoms with E-state index in [0.29, 0.717) is 37.0 Å². The molecule has 2 aromatic rings. The van der Waals surface area contributed by atoms with E-state index in [2.05, 4.69) is 16.4 Å². The quantitative estimate of drug-likeness (QED) is 0.646. The lowest BCUT2D eigenvalue weighted by atomic mass is 9.78. The van der Waals surface area contributed by atoms with Crippen molar-refractivity contribution in [1.29, 1.82) is 5.26 Å². The Morgan fingerprint density at radius 2 is 2.09 bits per heavy atom. The Bertz CT molecular complexity index is 1220. The van der Waals surface area contributed by atoms with Gasteiger partial charge < -0.3 is 20.1 Å². The van der Waals surface area contributed by atoms with Crippen LogP contribution in [0.2, 0.25) is 0 Å². The van der Waals surface area contributed by atoms with Crippen molar-refractivity contribution in [3.63, 3.8) is 0 Å². The van der Waals surface area contributed by atoms with E-state index in [4.69, 9.17) is 7.85 Å². The Hall–Kier alpha value is -3.28. The molecule has 2 saturated heterocycles. The van der Waals surface area contributed by atoms with Gasteiger partial charge in [-0.3, -0.25) is 14.4 Å². The monoisotopic (exact) mass is 473 g/mol. The smallest absolute Gasteiger partial charge is 0.270 e. The highest BCUT2D eigenvalue weighted by Crippen LogP contribution is 2.41. The van der Waals surface area contributed by atoms with E-state index >= 15 is 0 Å². The van der Waals surface area contributed by atoms with Gasteiger partial charge in [0.05, 0.1) is 11.5 Å². The summed E-state index contributed by atoms with van der Waals surface area (Å²) in [5.41, 5.74) is 1.95. The maximum Gasteiger partial charge on any atom is 0.270 e. The molecule has 35 heavy (non-hydrogen) atoms. The van der Waals surface area contributed by atoms with E-state index in [1.54, 1.807) is 13.1 Å². The third kappa shape index (κ3) is 4.54. The largest absolute Gasteiger partial charge is 0.356 e. The molecule has 3 heterocycles. The van der Waals surface area contributed by atoms with E-state index in [9.17, 15) is 19.6 Å². The van der Waals surface area contributed by atoms with Crippen LogP contribution in [0.1, 0.15) is 55.6 Å². The molecular formula is C26H32BN5O3. The molecule has 2 aliphatic heterocycles. The van der Waals surface area contributed by atoms with Crippen molar-refractivity contribution in [3.05, 3.63) is 29.5 Å². The van der Waals surface area contributed by atoms with E-state index in [-0.39, 0.29) is 30.2 Å². The highest BCUT2D eigenvalue weighted by Gasteiger charge is 2.52. The average molecular weight is 473 g/mol. The number of H-pyrrole nitrogens is 1. The summed E-state index contributed by atoms with van der Waals surface area (Å²) in [4.78, 5) is 46.2. The number of rotatable bonds is 5.